The van der Waals surface area contributed by atoms with Gasteiger partial charge in [-0.25, -0.2) is 0 Å². The largest absolute Gasteiger partial charge is 0.487 e. The standard InChI is InChI=1S/C9H15NO2S/c1-7(2)5-10-9(11)8-6-13-4-3-12-8/h6-7H,3-5H2,1-2H3,(H,10,11). The van der Waals surface area contributed by atoms with Gasteiger partial charge in [0.2, 0.25) is 0 Å². The Labute approximate surface area is 82.9 Å². The minimum absolute atomic E-state index is 0.0964. The fourth-order valence-corrected chi connectivity index (χ4v) is 1.50. The van der Waals surface area contributed by atoms with E-state index in [0.29, 0.717) is 24.8 Å². The van der Waals surface area contributed by atoms with Crippen LogP contribution >= 0.6 is 11.8 Å². The number of rotatable bonds is 3. The molecule has 0 unspecified atom stereocenters. The number of carbonyl (C=O) groups is 1. The Morgan fingerprint density at radius 2 is 2.54 bits per heavy atom. The van der Waals surface area contributed by atoms with E-state index in [2.05, 4.69) is 19.2 Å². The van der Waals surface area contributed by atoms with Crippen LogP contribution < -0.4 is 5.32 Å². The molecule has 1 N–H and O–H groups in total. The van der Waals surface area contributed by atoms with Crippen LogP contribution in [0.4, 0.5) is 0 Å². The third-order valence-electron chi connectivity index (χ3n) is 1.54. The summed E-state index contributed by atoms with van der Waals surface area (Å²) in [5.41, 5.74) is 0. The van der Waals surface area contributed by atoms with Crippen molar-refractivity contribution in [3.8, 4) is 0 Å². The van der Waals surface area contributed by atoms with Crippen molar-refractivity contribution in [1.82, 2.24) is 5.32 Å². The topological polar surface area (TPSA) is 38.3 Å². The lowest BCUT2D eigenvalue weighted by Gasteiger charge is -2.14. The van der Waals surface area contributed by atoms with Crippen LogP contribution in [0, 0.1) is 5.92 Å². The van der Waals surface area contributed by atoms with Gasteiger partial charge in [0.1, 0.15) is 0 Å². The van der Waals surface area contributed by atoms with E-state index >= 15 is 0 Å². The molecule has 1 rings (SSSR count). The Morgan fingerprint density at radius 1 is 1.77 bits per heavy atom. The zero-order valence-corrected chi connectivity index (χ0v) is 8.82. The van der Waals surface area contributed by atoms with Crippen molar-refractivity contribution in [3.63, 3.8) is 0 Å². The normalized spacial score (nSPS) is 16.4. The molecule has 1 aliphatic heterocycles. The second kappa shape index (κ2) is 5.17. The quantitative estimate of drug-likeness (QED) is 0.749. The molecule has 13 heavy (non-hydrogen) atoms. The number of hydrogen-bond acceptors (Lipinski definition) is 3. The third kappa shape index (κ3) is 3.72. The molecule has 0 spiro atoms. The van der Waals surface area contributed by atoms with Gasteiger partial charge in [-0.15, -0.1) is 11.8 Å². The summed E-state index contributed by atoms with van der Waals surface area (Å²) in [4.78, 5) is 11.4. The second-order valence-electron chi connectivity index (χ2n) is 3.31. The first-order valence-corrected chi connectivity index (χ1v) is 5.48. The molecule has 0 radical (unpaired) electrons. The fraction of sp³-hybridized carbons (Fsp3) is 0.667. The Bertz CT molecular complexity index is 214. The van der Waals surface area contributed by atoms with Crippen molar-refractivity contribution >= 4 is 17.7 Å². The summed E-state index contributed by atoms with van der Waals surface area (Å²) in [5, 5.41) is 4.58. The van der Waals surface area contributed by atoms with Crippen molar-refractivity contribution in [2.45, 2.75) is 13.8 Å². The molecule has 0 saturated heterocycles. The van der Waals surface area contributed by atoms with Crippen LogP contribution in [0.1, 0.15) is 13.8 Å². The number of ether oxygens (including phenoxy) is 1. The molecule has 0 aromatic heterocycles. The van der Waals surface area contributed by atoms with E-state index in [9.17, 15) is 4.79 Å². The van der Waals surface area contributed by atoms with Crippen molar-refractivity contribution in [1.29, 1.82) is 0 Å². The van der Waals surface area contributed by atoms with Gasteiger partial charge < -0.3 is 10.1 Å². The minimum atomic E-state index is -0.0964. The van der Waals surface area contributed by atoms with E-state index in [-0.39, 0.29) is 5.91 Å². The minimum Gasteiger partial charge on any atom is -0.487 e. The summed E-state index contributed by atoms with van der Waals surface area (Å²) < 4.78 is 5.20. The molecule has 1 aliphatic rings. The number of amides is 1. The Hall–Kier alpha value is -0.640. The number of nitrogens with one attached hydrogen (secondary N) is 1. The van der Waals surface area contributed by atoms with Gasteiger partial charge in [-0.1, -0.05) is 13.8 Å². The maximum Gasteiger partial charge on any atom is 0.286 e. The smallest absolute Gasteiger partial charge is 0.286 e. The van der Waals surface area contributed by atoms with Gasteiger partial charge in [0, 0.05) is 17.7 Å². The molecule has 0 fully saturated rings. The van der Waals surface area contributed by atoms with Crippen LogP contribution in [0.15, 0.2) is 11.2 Å². The van der Waals surface area contributed by atoms with Gasteiger partial charge in [-0.3, -0.25) is 4.79 Å². The lowest BCUT2D eigenvalue weighted by atomic mass is 10.2. The summed E-state index contributed by atoms with van der Waals surface area (Å²) in [6.45, 7) is 5.45. The zero-order valence-electron chi connectivity index (χ0n) is 8.00. The maximum atomic E-state index is 11.4. The molecular formula is C9H15NO2S. The van der Waals surface area contributed by atoms with E-state index in [1.165, 1.54) is 0 Å². The predicted octanol–water partition coefficient (Wildman–Crippen LogP) is 1.36. The zero-order chi connectivity index (χ0) is 9.68. The van der Waals surface area contributed by atoms with Crippen LogP contribution in [0.5, 0.6) is 0 Å². The van der Waals surface area contributed by atoms with Crippen LogP contribution in [-0.4, -0.2) is 24.8 Å². The molecule has 0 aromatic rings. The molecular weight excluding hydrogens is 186 g/mol. The Morgan fingerprint density at radius 3 is 3.08 bits per heavy atom. The van der Waals surface area contributed by atoms with E-state index in [0.717, 1.165) is 5.75 Å². The number of thioether (sulfide) groups is 1. The molecule has 1 amide bonds. The highest BCUT2D eigenvalue weighted by atomic mass is 32.2. The number of hydrogen-bond donors (Lipinski definition) is 1. The lowest BCUT2D eigenvalue weighted by molar-refractivity contribution is -0.121. The summed E-state index contributed by atoms with van der Waals surface area (Å²) in [7, 11) is 0. The van der Waals surface area contributed by atoms with Gasteiger partial charge in [0.25, 0.3) is 5.91 Å². The highest BCUT2D eigenvalue weighted by molar-refractivity contribution is 8.02. The van der Waals surface area contributed by atoms with Crippen molar-refractivity contribution in [3.05, 3.63) is 11.2 Å². The summed E-state index contributed by atoms with van der Waals surface area (Å²) in [6.07, 6.45) is 0. The predicted molar refractivity (Wildman–Crippen MR) is 54.3 cm³/mol. The summed E-state index contributed by atoms with van der Waals surface area (Å²) in [6, 6.07) is 0. The van der Waals surface area contributed by atoms with E-state index in [4.69, 9.17) is 4.74 Å². The highest BCUT2D eigenvalue weighted by Crippen LogP contribution is 2.14. The fourth-order valence-electron chi connectivity index (χ4n) is 0.871. The van der Waals surface area contributed by atoms with Crippen molar-refractivity contribution in [2.24, 2.45) is 5.92 Å². The first kappa shape index (κ1) is 10.4. The molecule has 0 saturated carbocycles. The van der Waals surface area contributed by atoms with Crippen LogP contribution in [0.2, 0.25) is 0 Å². The maximum absolute atomic E-state index is 11.4. The van der Waals surface area contributed by atoms with Gasteiger partial charge in [-0.05, 0) is 5.92 Å². The third-order valence-corrected chi connectivity index (χ3v) is 2.33. The molecule has 1 heterocycles. The first-order chi connectivity index (χ1) is 6.20. The van der Waals surface area contributed by atoms with Crippen LogP contribution in [-0.2, 0) is 9.53 Å². The summed E-state index contributed by atoms with van der Waals surface area (Å²) in [5.74, 6) is 1.76. The van der Waals surface area contributed by atoms with Crippen LogP contribution in [0.25, 0.3) is 0 Å². The second-order valence-corrected chi connectivity index (χ2v) is 4.28. The van der Waals surface area contributed by atoms with Gasteiger partial charge in [0.05, 0.1) is 6.61 Å². The average molecular weight is 201 g/mol. The van der Waals surface area contributed by atoms with Gasteiger partial charge in [-0.2, -0.15) is 0 Å². The average Bonchev–Trinajstić information content (AvgIpc) is 2.15. The molecule has 74 valence electrons. The Balaban J connectivity index is 2.34. The molecule has 0 aliphatic carbocycles. The molecule has 0 atom stereocenters. The first-order valence-electron chi connectivity index (χ1n) is 4.43. The van der Waals surface area contributed by atoms with Crippen molar-refractivity contribution < 1.29 is 9.53 Å². The molecule has 0 bridgehead atoms. The van der Waals surface area contributed by atoms with Crippen LogP contribution in [0.3, 0.4) is 0 Å². The summed E-state index contributed by atoms with van der Waals surface area (Å²) >= 11 is 1.62. The van der Waals surface area contributed by atoms with Gasteiger partial charge in [0.15, 0.2) is 5.76 Å². The van der Waals surface area contributed by atoms with E-state index < -0.39 is 0 Å². The van der Waals surface area contributed by atoms with E-state index in [1.807, 2.05) is 0 Å². The van der Waals surface area contributed by atoms with E-state index in [1.54, 1.807) is 17.2 Å². The lowest BCUT2D eigenvalue weighted by Crippen LogP contribution is -2.30. The molecule has 4 heteroatoms. The SMILES string of the molecule is CC(C)CNC(=O)C1=CSCCO1. The number of carbonyl (C=O) groups excluding carboxylic acids is 1. The molecule has 3 nitrogen and oxygen atoms in total. The van der Waals surface area contributed by atoms with Crippen molar-refractivity contribution in [2.75, 3.05) is 18.9 Å². The monoisotopic (exact) mass is 201 g/mol. The molecule has 0 aromatic carbocycles. The Kier molecular flexibility index (Phi) is 4.15. The highest BCUT2D eigenvalue weighted by Gasteiger charge is 2.13. The van der Waals surface area contributed by atoms with Gasteiger partial charge >= 0.3 is 0 Å².